The normalized spacial score (nSPS) is 17.0. The van der Waals surface area contributed by atoms with Crippen LogP contribution < -0.4 is 5.73 Å². The third-order valence-electron chi connectivity index (χ3n) is 3.95. The Bertz CT molecular complexity index is 629. The molecular formula is C15H19N5O. The minimum Gasteiger partial charge on any atom is -0.364 e. The predicted molar refractivity (Wildman–Crippen MR) is 79.7 cm³/mol. The van der Waals surface area contributed by atoms with E-state index < -0.39 is 5.91 Å². The van der Waals surface area contributed by atoms with Gasteiger partial charge in [0.2, 0.25) is 0 Å². The smallest absolute Gasteiger partial charge is 0.267 e. The van der Waals surface area contributed by atoms with E-state index >= 15 is 0 Å². The molecule has 6 heteroatoms. The summed E-state index contributed by atoms with van der Waals surface area (Å²) in [6.07, 6.45) is 3.66. The van der Waals surface area contributed by atoms with E-state index in [-0.39, 0.29) is 6.04 Å². The van der Waals surface area contributed by atoms with Gasteiger partial charge in [0.15, 0.2) is 0 Å². The number of primary amides is 1. The first-order chi connectivity index (χ1) is 10.1. The Morgan fingerprint density at radius 2 is 2.05 bits per heavy atom. The summed E-state index contributed by atoms with van der Waals surface area (Å²) < 4.78 is 1.79. The number of aromatic nitrogens is 3. The average molecular weight is 285 g/mol. The number of carbonyl (C=O) groups excluding carboxylic acids is 1. The molecule has 1 aliphatic rings. The third kappa shape index (κ3) is 2.80. The van der Waals surface area contributed by atoms with Crippen molar-refractivity contribution in [3.05, 3.63) is 36.2 Å². The summed E-state index contributed by atoms with van der Waals surface area (Å²) in [4.78, 5) is 18.3. The van der Waals surface area contributed by atoms with Crippen molar-refractivity contribution in [2.24, 2.45) is 5.73 Å². The zero-order valence-electron chi connectivity index (χ0n) is 12.1. The van der Waals surface area contributed by atoms with Crippen molar-refractivity contribution in [3.8, 4) is 11.4 Å². The molecule has 0 spiro atoms. The topological polar surface area (TPSA) is 77.0 Å². The van der Waals surface area contributed by atoms with Gasteiger partial charge < -0.3 is 10.6 Å². The maximum absolute atomic E-state index is 11.7. The van der Waals surface area contributed by atoms with E-state index in [9.17, 15) is 4.79 Å². The van der Waals surface area contributed by atoms with E-state index in [1.807, 2.05) is 18.2 Å². The summed E-state index contributed by atoms with van der Waals surface area (Å²) in [6, 6.07) is 7.60. The largest absolute Gasteiger partial charge is 0.364 e. The molecule has 1 fully saturated rings. The highest BCUT2D eigenvalue weighted by atomic mass is 16.1. The SMILES string of the molecule is CN1CCC(n2nc(-c3ccccn3)cc2C(N)=O)CC1. The molecule has 2 aromatic rings. The van der Waals surface area contributed by atoms with Gasteiger partial charge >= 0.3 is 0 Å². The van der Waals surface area contributed by atoms with Crippen LogP contribution in [0.3, 0.4) is 0 Å². The highest BCUT2D eigenvalue weighted by Crippen LogP contribution is 2.25. The van der Waals surface area contributed by atoms with Crippen molar-refractivity contribution < 1.29 is 4.79 Å². The molecule has 1 amide bonds. The quantitative estimate of drug-likeness (QED) is 0.922. The van der Waals surface area contributed by atoms with Gasteiger partial charge in [0.1, 0.15) is 11.4 Å². The van der Waals surface area contributed by atoms with Gasteiger partial charge in [-0.3, -0.25) is 14.5 Å². The minimum atomic E-state index is -0.441. The Morgan fingerprint density at radius 3 is 2.67 bits per heavy atom. The first-order valence-corrected chi connectivity index (χ1v) is 7.14. The Morgan fingerprint density at radius 1 is 1.29 bits per heavy atom. The van der Waals surface area contributed by atoms with Crippen molar-refractivity contribution in [1.29, 1.82) is 0 Å². The molecule has 3 heterocycles. The number of nitrogens with zero attached hydrogens (tertiary/aromatic N) is 4. The molecule has 1 saturated heterocycles. The standard InChI is InChI=1S/C15H19N5O/c1-19-8-5-11(6-9-19)20-14(15(16)21)10-13(18-20)12-4-2-3-7-17-12/h2-4,7,10-11H,5-6,8-9H2,1H3,(H2,16,21). The Labute approximate surface area is 123 Å². The highest BCUT2D eigenvalue weighted by Gasteiger charge is 2.24. The maximum Gasteiger partial charge on any atom is 0.267 e. The Hall–Kier alpha value is -2.21. The second-order valence-corrected chi connectivity index (χ2v) is 5.47. The first kappa shape index (κ1) is 13.8. The van der Waals surface area contributed by atoms with Crippen LogP contribution in [0.15, 0.2) is 30.5 Å². The lowest BCUT2D eigenvalue weighted by Crippen LogP contribution is -2.33. The van der Waals surface area contributed by atoms with Gasteiger partial charge in [-0.15, -0.1) is 0 Å². The molecule has 3 rings (SSSR count). The predicted octanol–water partition coefficient (Wildman–Crippen LogP) is 1.31. The van der Waals surface area contributed by atoms with Crippen LogP contribution in [0.4, 0.5) is 0 Å². The summed E-state index contributed by atoms with van der Waals surface area (Å²) >= 11 is 0. The molecule has 2 aromatic heterocycles. The molecule has 110 valence electrons. The van der Waals surface area contributed by atoms with E-state index in [0.717, 1.165) is 31.6 Å². The molecule has 0 bridgehead atoms. The van der Waals surface area contributed by atoms with Crippen molar-refractivity contribution >= 4 is 5.91 Å². The second kappa shape index (κ2) is 5.65. The van der Waals surface area contributed by atoms with Crippen LogP contribution in [0.5, 0.6) is 0 Å². The Kier molecular flexibility index (Phi) is 3.70. The van der Waals surface area contributed by atoms with Gasteiger partial charge in [0, 0.05) is 6.20 Å². The van der Waals surface area contributed by atoms with Crippen LogP contribution in [0.25, 0.3) is 11.4 Å². The monoisotopic (exact) mass is 285 g/mol. The molecule has 0 aromatic carbocycles. The number of carbonyl (C=O) groups is 1. The fourth-order valence-corrected chi connectivity index (χ4v) is 2.74. The first-order valence-electron chi connectivity index (χ1n) is 7.14. The minimum absolute atomic E-state index is 0.223. The fourth-order valence-electron chi connectivity index (χ4n) is 2.74. The van der Waals surface area contributed by atoms with Gasteiger partial charge in [-0.25, -0.2) is 0 Å². The number of amides is 1. The zero-order valence-corrected chi connectivity index (χ0v) is 12.1. The van der Waals surface area contributed by atoms with E-state index in [2.05, 4.69) is 22.0 Å². The van der Waals surface area contributed by atoms with Gasteiger partial charge in [-0.05, 0) is 51.2 Å². The van der Waals surface area contributed by atoms with Crippen LogP contribution in [0.1, 0.15) is 29.4 Å². The molecule has 0 unspecified atom stereocenters. The molecule has 1 aliphatic heterocycles. The van der Waals surface area contributed by atoms with Crippen molar-refractivity contribution in [2.75, 3.05) is 20.1 Å². The molecule has 0 radical (unpaired) electrons. The van der Waals surface area contributed by atoms with Crippen LogP contribution in [0.2, 0.25) is 0 Å². The van der Waals surface area contributed by atoms with Gasteiger partial charge in [0.05, 0.1) is 11.7 Å². The summed E-state index contributed by atoms with van der Waals surface area (Å²) in [7, 11) is 2.10. The molecule has 0 aliphatic carbocycles. The number of rotatable bonds is 3. The molecule has 6 nitrogen and oxygen atoms in total. The third-order valence-corrected chi connectivity index (χ3v) is 3.95. The zero-order chi connectivity index (χ0) is 14.8. The van der Waals surface area contributed by atoms with Crippen molar-refractivity contribution in [1.82, 2.24) is 19.7 Å². The maximum atomic E-state index is 11.7. The molecule has 0 saturated carbocycles. The molecular weight excluding hydrogens is 266 g/mol. The van der Waals surface area contributed by atoms with Crippen LogP contribution >= 0.6 is 0 Å². The lowest BCUT2D eigenvalue weighted by molar-refractivity contribution is 0.0982. The van der Waals surface area contributed by atoms with E-state index in [4.69, 9.17) is 5.73 Å². The van der Waals surface area contributed by atoms with Crippen LogP contribution in [-0.4, -0.2) is 45.7 Å². The number of likely N-dealkylation sites (tertiary alicyclic amines) is 1. The number of piperidine rings is 1. The van der Waals surface area contributed by atoms with Gasteiger partial charge in [-0.2, -0.15) is 5.10 Å². The van der Waals surface area contributed by atoms with Crippen LogP contribution in [-0.2, 0) is 0 Å². The summed E-state index contributed by atoms with van der Waals surface area (Å²) in [5.74, 6) is -0.441. The van der Waals surface area contributed by atoms with Crippen molar-refractivity contribution in [2.45, 2.75) is 18.9 Å². The summed E-state index contributed by atoms with van der Waals surface area (Å²) in [5, 5.41) is 4.59. The van der Waals surface area contributed by atoms with E-state index in [0.29, 0.717) is 11.4 Å². The highest BCUT2D eigenvalue weighted by molar-refractivity contribution is 5.92. The summed E-state index contributed by atoms with van der Waals surface area (Å²) in [6.45, 7) is 2.00. The molecule has 21 heavy (non-hydrogen) atoms. The van der Waals surface area contributed by atoms with Gasteiger partial charge in [-0.1, -0.05) is 6.07 Å². The van der Waals surface area contributed by atoms with Gasteiger partial charge in [0.25, 0.3) is 5.91 Å². The number of nitrogens with two attached hydrogens (primary N) is 1. The fraction of sp³-hybridized carbons (Fsp3) is 0.400. The second-order valence-electron chi connectivity index (χ2n) is 5.47. The number of hydrogen-bond donors (Lipinski definition) is 1. The lowest BCUT2D eigenvalue weighted by Gasteiger charge is -2.29. The van der Waals surface area contributed by atoms with E-state index in [1.54, 1.807) is 16.9 Å². The van der Waals surface area contributed by atoms with Crippen molar-refractivity contribution in [3.63, 3.8) is 0 Å². The average Bonchev–Trinajstić information content (AvgIpc) is 2.94. The van der Waals surface area contributed by atoms with E-state index in [1.165, 1.54) is 0 Å². The van der Waals surface area contributed by atoms with Crippen LogP contribution in [0, 0.1) is 0 Å². The lowest BCUT2D eigenvalue weighted by atomic mass is 10.1. The number of pyridine rings is 1. The molecule has 2 N–H and O–H groups in total. The summed E-state index contributed by atoms with van der Waals surface area (Å²) in [5.41, 5.74) is 7.43. The molecule has 0 atom stereocenters. The number of hydrogen-bond acceptors (Lipinski definition) is 4. The Balaban J connectivity index is 1.96.